The second-order valence-corrected chi connectivity index (χ2v) is 5.76. The van der Waals surface area contributed by atoms with Gasteiger partial charge in [-0.1, -0.05) is 60.7 Å². The Labute approximate surface area is 156 Å². The largest absolute Gasteiger partial charge is 0.491 e. The number of hydrogen-bond acceptors (Lipinski definition) is 6. The Morgan fingerprint density at radius 2 is 1.48 bits per heavy atom. The van der Waals surface area contributed by atoms with Crippen molar-refractivity contribution in [2.75, 3.05) is 5.32 Å². The molecule has 140 valence electrons. The summed E-state index contributed by atoms with van der Waals surface area (Å²) in [7, 11) is 0. The van der Waals surface area contributed by atoms with E-state index in [9.17, 15) is 15.0 Å². The van der Waals surface area contributed by atoms with Gasteiger partial charge in [0.25, 0.3) is 11.4 Å². The third kappa shape index (κ3) is 5.10. The SMILES string of the molecule is O=c1ccc(NC(O)OCc2ccccc2)c(O)n1OCc1ccccc1. The van der Waals surface area contributed by atoms with Crippen LogP contribution in [0, 0.1) is 0 Å². The highest BCUT2D eigenvalue weighted by Gasteiger charge is 2.13. The van der Waals surface area contributed by atoms with Gasteiger partial charge in [-0.05, 0) is 17.2 Å². The minimum atomic E-state index is -1.38. The first-order chi connectivity index (χ1) is 13.1. The zero-order valence-electron chi connectivity index (χ0n) is 14.5. The van der Waals surface area contributed by atoms with E-state index in [0.29, 0.717) is 0 Å². The van der Waals surface area contributed by atoms with Gasteiger partial charge in [-0.25, -0.2) is 0 Å². The molecule has 1 heterocycles. The maximum atomic E-state index is 12.0. The zero-order valence-corrected chi connectivity index (χ0v) is 14.5. The molecule has 2 aromatic carbocycles. The number of anilines is 1. The van der Waals surface area contributed by atoms with Gasteiger partial charge >= 0.3 is 0 Å². The van der Waals surface area contributed by atoms with Gasteiger partial charge in [0.05, 0.1) is 6.61 Å². The van der Waals surface area contributed by atoms with Gasteiger partial charge in [0.1, 0.15) is 12.3 Å². The van der Waals surface area contributed by atoms with Crippen LogP contribution in [-0.4, -0.2) is 21.4 Å². The molecule has 7 heteroatoms. The number of benzene rings is 2. The highest BCUT2D eigenvalue weighted by Crippen LogP contribution is 2.21. The lowest BCUT2D eigenvalue weighted by Crippen LogP contribution is -2.28. The Balaban J connectivity index is 1.64. The molecular formula is C20H20N2O5. The van der Waals surface area contributed by atoms with Crippen molar-refractivity contribution in [1.29, 1.82) is 0 Å². The normalized spacial score (nSPS) is 11.7. The third-order valence-corrected chi connectivity index (χ3v) is 3.76. The van der Waals surface area contributed by atoms with Crippen LogP contribution >= 0.6 is 0 Å². The van der Waals surface area contributed by atoms with Crippen molar-refractivity contribution < 1.29 is 19.8 Å². The number of aromatic hydroxyl groups is 1. The van der Waals surface area contributed by atoms with Crippen molar-refractivity contribution in [3.63, 3.8) is 0 Å². The Bertz CT molecular complexity index is 913. The molecule has 1 atom stereocenters. The predicted molar refractivity (Wildman–Crippen MR) is 100.0 cm³/mol. The van der Waals surface area contributed by atoms with Crippen LogP contribution in [-0.2, 0) is 18.0 Å². The number of aliphatic hydroxyl groups is 1. The number of pyridine rings is 1. The molecule has 0 aliphatic heterocycles. The van der Waals surface area contributed by atoms with Gasteiger partial charge in [0.15, 0.2) is 0 Å². The molecule has 27 heavy (non-hydrogen) atoms. The molecule has 3 N–H and O–H groups in total. The van der Waals surface area contributed by atoms with Crippen molar-refractivity contribution >= 4 is 5.69 Å². The van der Waals surface area contributed by atoms with Gasteiger partial charge in [-0.15, -0.1) is 4.73 Å². The molecule has 1 aromatic heterocycles. The summed E-state index contributed by atoms with van der Waals surface area (Å²) in [4.78, 5) is 17.4. The van der Waals surface area contributed by atoms with Crippen molar-refractivity contribution in [3.8, 4) is 5.88 Å². The van der Waals surface area contributed by atoms with Gasteiger partial charge in [0, 0.05) is 6.07 Å². The minimum absolute atomic E-state index is 0.100. The van der Waals surface area contributed by atoms with Gasteiger partial charge < -0.3 is 25.1 Å². The summed E-state index contributed by atoms with van der Waals surface area (Å²) in [6.45, 7) is 0.282. The van der Waals surface area contributed by atoms with Crippen LogP contribution in [0.1, 0.15) is 11.1 Å². The fourth-order valence-electron chi connectivity index (χ4n) is 2.39. The van der Waals surface area contributed by atoms with Crippen LogP contribution in [0.4, 0.5) is 5.69 Å². The number of hydrogen-bond donors (Lipinski definition) is 3. The first kappa shape index (κ1) is 18.5. The quantitative estimate of drug-likeness (QED) is 0.527. The molecule has 0 aliphatic rings. The molecule has 3 aromatic rings. The molecule has 0 spiro atoms. The van der Waals surface area contributed by atoms with E-state index < -0.39 is 17.9 Å². The number of nitrogens with zero attached hydrogens (tertiary/aromatic N) is 1. The monoisotopic (exact) mass is 368 g/mol. The maximum absolute atomic E-state index is 12.0. The molecule has 3 rings (SSSR count). The lowest BCUT2D eigenvalue weighted by molar-refractivity contribution is -0.0874. The fourth-order valence-corrected chi connectivity index (χ4v) is 2.39. The van der Waals surface area contributed by atoms with Crippen LogP contribution in [0.5, 0.6) is 5.88 Å². The van der Waals surface area contributed by atoms with Crippen molar-refractivity contribution in [1.82, 2.24) is 4.73 Å². The van der Waals surface area contributed by atoms with E-state index in [-0.39, 0.29) is 18.9 Å². The lowest BCUT2D eigenvalue weighted by atomic mass is 10.2. The number of aliphatic hydroxyl groups excluding tert-OH is 1. The molecule has 0 amide bonds. The second kappa shape index (κ2) is 8.88. The van der Waals surface area contributed by atoms with E-state index in [4.69, 9.17) is 9.57 Å². The molecular weight excluding hydrogens is 348 g/mol. The van der Waals surface area contributed by atoms with E-state index in [1.54, 1.807) is 0 Å². The summed E-state index contributed by atoms with van der Waals surface area (Å²) in [6.07, 6.45) is -1.38. The smallest absolute Gasteiger partial charge is 0.286 e. The summed E-state index contributed by atoms with van der Waals surface area (Å²) < 4.78 is 6.05. The Morgan fingerprint density at radius 1 is 0.889 bits per heavy atom. The van der Waals surface area contributed by atoms with Crippen molar-refractivity contribution in [2.45, 2.75) is 19.6 Å². The second-order valence-electron chi connectivity index (χ2n) is 5.76. The number of aromatic nitrogens is 1. The average molecular weight is 368 g/mol. The van der Waals surface area contributed by atoms with Crippen LogP contribution < -0.4 is 15.7 Å². The van der Waals surface area contributed by atoms with E-state index >= 15 is 0 Å². The molecule has 0 fully saturated rings. The molecule has 1 unspecified atom stereocenters. The Morgan fingerprint density at radius 3 is 2.11 bits per heavy atom. The fraction of sp³-hybridized carbons (Fsp3) is 0.150. The summed E-state index contributed by atoms with van der Waals surface area (Å²) in [5.74, 6) is -0.458. The van der Waals surface area contributed by atoms with Gasteiger partial charge in [-0.3, -0.25) is 4.79 Å². The Hall–Kier alpha value is -3.29. The van der Waals surface area contributed by atoms with E-state index in [1.807, 2.05) is 60.7 Å². The molecule has 0 saturated heterocycles. The molecule has 7 nitrogen and oxygen atoms in total. The number of rotatable bonds is 8. The number of nitrogens with one attached hydrogen (secondary N) is 1. The van der Waals surface area contributed by atoms with Crippen LogP contribution in [0.2, 0.25) is 0 Å². The standard InChI is InChI=1S/C20H20N2O5/c23-18-12-11-17(21-20(25)26-13-15-7-3-1-4-8-15)19(24)22(18)27-14-16-9-5-2-6-10-16/h1-12,20-21,24-25H,13-14H2. The summed E-state index contributed by atoms with van der Waals surface area (Å²) in [6, 6.07) is 21.1. The van der Waals surface area contributed by atoms with Crippen LogP contribution in [0.3, 0.4) is 0 Å². The topological polar surface area (TPSA) is 93.0 Å². The van der Waals surface area contributed by atoms with Crippen LogP contribution in [0.15, 0.2) is 77.6 Å². The van der Waals surface area contributed by atoms with E-state index in [1.165, 1.54) is 12.1 Å². The predicted octanol–water partition coefficient (Wildman–Crippen LogP) is 2.09. The van der Waals surface area contributed by atoms with Gasteiger partial charge in [0.2, 0.25) is 6.41 Å². The zero-order chi connectivity index (χ0) is 19.1. The first-order valence-corrected chi connectivity index (χ1v) is 8.36. The highest BCUT2D eigenvalue weighted by molar-refractivity contribution is 5.51. The minimum Gasteiger partial charge on any atom is -0.491 e. The maximum Gasteiger partial charge on any atom is 0.286 e. The van der Waals surface area contributed by atoms with Gasteiger partial charge in [-0.2, -0.15) is 0 Å². The Kier molecular flexibility index (Phi) is 6.09. The van der Waals surface area contributed by atoms with Crippen molar-refractivity contribution in [3.05, 3.63) is 94.3 Å². The lowest BCUT2D eigenvalue weighted by Gasteiger charge is -2.17. The van der Waals surface area contributed by atoms with E-state index in [2.05, 4.69) is 5.32 Å². The average Bonchev–Trinajstić information content (AvgIpc) is 2.70. The summed E-state index contributed by atoms with van der Waals surface area (Å²) in [5.41, 5.74) is 1.30. The van der Waals surface area contributed by atoms with E-state index in [0.717, 1.165) is 15.9 Å². The summed E-state index contributed by atoms with van der Waals surface area (Å²) in [5, 5.41) is 22.9. The molecule has 0 radical (unpaired) electrons. The highest BCUT2D eigenvalue weighted by atomic mass is 16.7. The molecule has 0 bridgehead atoms. The van der Waals surface area contributed by atoms with Crippen molar-refractivity contribution in [2.24, 2.45) is 0 Å². The van der Waals surface area contributed by atoms with Crippen LogP contribution in [0.25, 0.3) is 0 Å². The number of ether oxygens (including phenoxy) is 1. The summed E-state index contributed by atoms with van der Waals surface area (Å²) >= 11 is 0. The molecule has 0 aliphatic carbocycles. The third-order valence-electron chi connectivity index (χ3n) is 3.76. The first-order valence-electron chi connectivity index (χ1n) is 8.36. The molecule has 0 saturated carbocycles.